The van der Waals surface area contributed by atoms with Gasteiger partial charge in [-0.05, 0) is 23.8 Å². The first-order chi connectivity index (χ1) is 12.8. The molecule has 0 amide bonds. The van der Waals surface area contributed by atoms with Crippen molar-refractivity contribution in [3.8, 4) is 5.69 Å². The van der Waals surface area contributed by atoms with E-state index in [1.807, 2.05) is 42.5 Å². The highest BCUT2D eigenvalue weighted by Gasteiger charge is 2.21. The Hall–Kier alpha value is -2.02. The van der Waals surface area contributed by atoms with Gasteiger partial charge in [0, 0.05) is 23.9 Å². The zero-order valence-corrected chi connectivity index (χ0v) is 15.8. The number of halogens is 1. The topological polar surface area (TPSA) is 43.2 Å². The predicted molar refractivity (Wildman–Crippen MR) is 105 cm³/mol. The van der Waals surface area contributed by atoms with Crippen LogP contribution in [0.5, 0.6) is 0 Å². The number of ether oxygens (including phenoxy) is 1. The lowest BCUT2D eigenvalue weighted by Crippen LogP contribution is -2.37. The van der Waals surface area contributed by atoms with Gasteiger partial charge in [-0.25, -0.2) is 0 Å². The zero-order chi connectivity index (χ0) is 17.8. The van der Waals surface area contributed by atoms with Gasteiger partial charge in [-0.3, -0.25) is 4.57 Å². The second-order valence-corrected chi connectivity index (χ2v) is 7.28. The smallest absolute Gasteiger partial charge is 0.232 e. The highest BCUT2D eigenvalue weighted by atomic mass is 35.5. The van der Waals surface area contributed by atoms with Gasteiger partial charge in [0.1, 0.15) is 0 Å². The van der Waals surface area contributed by atoms with Crippen LogP contribution in [0.25, 0.3) is 5.69 Å². The standard InChI is InChI=1S/C19H19ClN4OS/c20-17-9-5-4-6-15(17)14-26-19-22-21-18(23-10-12-25-13-11-23)24(19)16-7-2-1-3-8-16/h1-9H,10-14H2. The molecule has 5 nitrogen and oxygen atoms in total. The normalized spacial score (nSPS) is 14.6. The Morgan fingerprint density at radius 3 is 2.46 bits per heavy atom. The summed E-state index contributed by atoms with van der Waals surface area (Å²) in [7, 11) is 0. The van der Waals surface area contributed by atoms with Crippen LogP contribution in [-0.2, 0) is 10.5 Å². The van der Waals surface area contributed by atoms with E-state index in [1.54, 1.807) is 11.8 Å². The number of para-hydroxylation sites is 1. The number of hydrogen-bond acceptors (Lipinski definition) is 5. The van der Waals surface area contributed by atoms with Crippen LogP contribution < -0.4 is 4.90 Å². The maximum Gasteiger partial charge on any atom is 0.232 e. The summed E-state index contributed by atoms with van der Waals surface area (Å²) in [5.74, 6) is 1.61. The summed E-state index contributed by atoms with van der Waals surface area (Å²) in [6.07, 6.45) is 0. The molecule has 2 heterocycles. The summed E-state index contributed by atoms with van der Waals surface area (Å²) < 4.78 is 7.59. The largest absolute Gasteiger partial charge is 0.378 e. The minimum atomic E-state index is 0.712. The molecule has 1 aliphatic heterocycles. The summed E-state index contributed by atoms with van der Waals surface area (Å²) in [6, 6.07) is 18.1. The Bertz CT molecular complexity index is 865. The molecule has 0 aliphatic carbocycles. The van der Waals surface area contributed by atoms with Gasteiger partial charge in [0.05, 0.1) is 18.9 Å². The molecule has 1 fully saturated rings. The van der Waals surface area contributed by atoms with Crippen LogP contribution in [0.15, 0.2) is 59.8 Å². The van der Waals surface area contributed by atoms with Crippen molar-refractivity contribution in [1.29, 1.82) is 0 Å². The Morgan fingerprint density at radius 1 is 0.962 bits per heavy atom. The predicted octanol–water partition coefficient (Wildman–Crippen LogP) is 4.05. The van der Waals surface area contributed by atoms with Gasteiger partial charge in [0.25, 0.3) is 0 Å². The summed E-state index contributed by atoms with van der Waals surface area (Å²) in [5, 5.41) is 10.6. The lowest BCUT2D eigenvalue weighted by Gasteiger charge is -2.27. The monoisotopic (exact) mass is 386 g/mol. The quantitative estimate of drug-likeness (QED) is 0.619. The van der Waals surface area contributed by atoms with E-state index in [-0.39, 0.29) is 0 Å². The lowest BCUT2D eigenvalue weighted by molar-refractivity contribution is 0.122. The van der Waals surface area contributed by atoms with Gasteiger partial charge in [0.15, 0.2) is 5.16 Å². The minimum absolute atomic E-state index is 0.712. The molecule has 0 saturated carbocycles. The number of benzene rings is 2. The van der Waals surface area contributed by atoms with Crippen molar-refractivity contribution >= 4 is 29.3 Å². The number of thioether (sulfide) groups is 1. The molecule has 0 unspecified atom stereocenters. The Kier molecular flexibility index (Phi) is 5.43. The van der Waals surface area contributed by atoms with Crippen LogP contribution in [0.4, 0.5) is 5.95 Å². The first-order valence-electron chi connectivity index (χ1n) is 8.52. The lowest BCUT2D eigenvalue weighted by atomic mass is 10.2. The van der Waals surface area contributed by atoms with Crippen LogP contribution in [-0.4, -0.2) is 41.1 Å². The third kappa shape index (κ3) is 3.72. The fraction of sp³-hybridized carbons (Fsp3) is 0.263. The molecule has 0 atom stereocenters. The van der Waals surface area contributed by atoms with E-state index in [9.17, 15) is 0 Å². The first-order valence-corrected chi connectivity index (χ1v) is 9.89. The van der Waals surface area contributed by atoms with Crippen molar-refractivity contribution in [2.45, 2.75) is 10.9 Å². The number of anilines is 1. The van der Waals surface area contributed by atoms with E-state index < -0.39 is 0 Å². The molecule has 4 rings (SSSR count). The minimum Gasteiger partial charge on any atom is -0.378 e. The van der Waals surface area contributed by atoms with Crippen molar-refractivity contribution in [1.82, 2.24) is 14.8 Å². The van der Waals surface area contributed by atoms with Crippen molar-refractivity contribution in [2.75, 3.05) is 31.2 Å². The molecular formula is C19H19ClN4OS. The van der Waals surface area contributed by atoms with Crippen molar-refractivity contribution in [2.24, 2.45) is 0 Å². The second kappa shape index (κ2) is 8.12. The Balaban J connectivity index is 1.66. The van der Waals surface area contributed by atoms with Crippen LogP contribution in [0, 0.1) is 0 Å². The van der Waals surface area contributed by atoms with E-state index in [1.165, 1.54) is 0 Å². The molecule has 1 saturated heterocycles. The third-order valence-electron chi connectivity index (χ3n) is 4.24. The molecule has 134 valence electrons. The molecule has 3 aromatic rings. The van der Waals surface area contributed by atoms with Crippen molar-refractivity contribution in [3.63, 3.8) is 0 Å². The molecule has 0 bridgehead atoms. The summed E-state index contributed by atoms with van der Waals surface area (Å²) in [5.41, 5.74) is 2.15. The average Bonchev–Trinajstić information content (AvgIpc) is 3.13. The molecule has 0 radical (unpaired) electrons. The summed E-state index contributed by atoms with van der Waals surface area (Å²) in [4.78, 5) is 2.23. The van der Waals surface area contributed by atoms with Crippen LogP contribution in [0.3, 0.4) is 0 Å². The fourth-order valence-electron chi connectivity index (χ4n) is 2.88. The Labute approximate surface area is 161 Å². The molecule has 26 heavy (non-hydrogen) atoms. The van der Waals surface area contributed by atoms with Gasteiger partial charge in [-0.15, -0.1) is 10.2 Å². The number of aromatic nitrogens is 3. The molecule has 1 aromatic heterocycles. The van der Waals surface area contributed by atoms with Crippen LogP contribution in [0.2, 0.25) is 5.02 Å². The zero-order valence-electron chi connectivity index (χ0n) is 14.2. The van der Waals surface area contributed by atoms with E-state index >= 15 is 0 Å². The van der Waals surface area contributed by atoms with E-state index in [2.05, 4.69) is 31.8 Å². The highest BCUT2D eigenvalue weighted by Crippen LogP contribution is 2.30. The molecule has 2 aromatic carbocycles. The molecule has 0 N–H and O–H groups in total. The number of hydrogen-bond donors (Lipinski definition) is 0. The SMILES string of the molecule is Clc1ccccc1CSc1nnc(N2CCOCC2)n1-c1ccccc1. The second-order valence-electron chi connectivity index (χ2n) is 5.93. The van der Waals surface area contributed by atoms with Crippen LogP contribution in [0.1, 0.15) is 5.56 Å². The van der Waals surface area contributed by atoms with Gasteiger partial charge in [0.2, 0.25) is 5.95 Å². The first kappa shape index (κ1) is 17.4. The van der Waals surface area contributed by atoms with Gasteiger partial charge in [-0.2, -0.15) is 0 Å². The molecule has 0 spiro atoms. The molecule has 7 heteroatoms. The fourth-order valence-corrected chi connectivity index (χ4v) is 4.12. The highest BCUT2D eigenvalue weighted by molar-refractivity contribution is 7.98. The maximum atomic E-state index is 6.30. The van der Waals surface area contributed by atoms with E-state index in [0.717, 1.165) is 46.2 Å². The number of nitrogens with zero attached hydrogens (tertiary/aromatic N) is 4. The van der Waals surface area contributed by atoms with E-state index in [0.29, 0.717) is 13.2 Å². The molecular weight excluding hydrogens is 368 g/mol. The summed E-state index contributed by atoms with van der Waals surface area (Å²) >= 11 is 7.94. The maximum absolute atomic E-state index is 6.30. The van der Waals surface area contributed by atoms with Crippen molar-refractivity contribution in [3.05, 3.63) is 65.2 Å². The van der Waals surface area contributed by atoms with Crippen molar-refractivity contribution < 1.29 is 4.74 Å². The van der Waals surface area contributed by atoms with Crippen LogP contribution >= 0.6 is 23.4 Å². The third-order valence-corrected chi connectivity index (χ3v) is 5.59. The summed E-state index contributed by atoms with van der Waals surface area (Å²) in [6.45, 7) is 3.06. The van der Waals surface area contributed by atoms with Gasteiger partial charge in [-0.1, -0.05) is 59.8 Å². The number of rotatable bonds is 5. The Morgan fingerprint density at radius 2 is 1.69 bits per heavy atom. The number of morpholine rings is 1. The van der Waals surface area contributed by atoms with Gasteiger partial charge < -0.3 is 9.64 Å². The molecule has 1 aliphatic rings. The van der Waals surface area contributed by atoms with Gasteiger partial charge >= 0.3 is 0 Å². The van der Waals surface area contributed by atoms with E-state index in [4.69, 9.17) is 16.3 Å². The average molecular weight is 387 g/mol.